The third-order valence-corrected chi connectivity index (χ3v) is 4.03. The summed E-state index contributed by atoms with van der Waals surface area (Å²) < 4.78 is 5.75. The minimum absolute atomic E-state index is 0.346. The molecule has 0 spiro atoms. The first-order chi connectivity index (χ1) is 11.7. The van der Waals surface area contributed by atoms with Gasteiger partial charge in [0.2, 0.25) is 0 Å². The Kier molecular flexibility index (Phi) is 4.91. The summed E-state index contributed by atoms with van der Waals surface area (Å²) in [5, 5.41) is 0. The Morgan fingerprint density at radius 2 is 1.79 bits per heavy atom. The number of halogens is 1. The monoisotopic (exact) mass is 382 g/mol. The van der Waals surface area contributed by atoms with Crippen LogP contribution in [-0.4, -0.2) is 23.0 Å². The normalized spacial score (nSPS) is 10.9. The summed E-state index contributed by atoms with van der Waals surface area (Å²) in [6.07, 6.45) is 5.76. The van der Waals surface area contributed by atoms with Crippen molar-refractivity contribution in [2.45, 2.75) is 0 Å². The second-order valence-electron chi connectivity index (χ2n) is 5.12. The smallest absolute Gasteiger partial charge is 0.337 e. The fourth-order valence-corrected chi connectivity index (χ4v) is 2.48. The zero-order chi connectivity index (χ0) is 16.9. The van der Waals surface area contributed by atoms with Crippen LogP contribution in [-0.2, 0) is 4.74 Å². The first kappa shape index (κ1) is 16.2. The summed E-state index contributed by atoms with van der Waals surface area (Å²) in [6, 6.07) is 15.2. The number of nitrogens with one attached hydrogen (secondary N) is 1. The Morgan fingerprint density at radius 1 is 1.08 bits per heavy atom. The van der Waals surface area contributed by atoms with Gasteiger partial charge in [-0.15, -0.1) is 0 Å². The van der Waals surface area contributed by atoms with Gasteiger partial charge in [0, 0.05) is 16.2 Å². The van der Waals surface area contributed by atoms with Crippen molar-refractivity contribution in [3.8, 4) is 11.3 Å². The van der Waals surface area contributed by atoms with Crippen molar-refractivity contribution < 1.29 is 9.53 Å². The van der Waals surface area contributed by atoms with Gasteiger partial charge >= 0.3 is 5.97 Å². The number of esters is 1. The molecular weight excluding hydrogens is 368 g/mol. The van der Waals surface area contributed by atoms with Gasteiger partial charge in [-0.2, -0.15) is 0 Å². The van der Waals surface area contributed by atoms with E-state index in [1.165, 1.54) is 7.11 Å². The first-order valence-electron chi connectivity index (χ1n) is 7.33. The van der Waals surface area contributed by atoms with Crippen molar-refractivity contribution in [3.63, 3.8) is 0 Å². The predicted octanol–water partition coefficient (Wildman–Crippen LogP) is 4.80. The molecular formula is C19H15BrN2O2. The summed E-state index contributed by atoms with van der Waals surface area (Å²) in [7, 11) is 1.37. The summed E-state index contributed by atoms with van der Waals surface area (Å²) >= 11 is 3.42. The molecule has 3 aromatic rings. The van der Waals surface area contributed by atoms with Crippen LogP contribution in [0.25, 0.3) is 23.4 Å². The molecule has 0 fully saturated rings. The van der Waals surface area contributed by atoms with Gasteiger partial charge in [-0.3, -0.25) is 0 Å². The van der Waals surface area contributed by atoms with E-state index in [4.69, 9.17) is 4.74 Å². The van der Waals surface area contributed by atoms with Gasteiger partial charge in [0.1, 0.15) is 5.82 Å². The van der Waals surface area contributed by atoms with Crippen molar-refractivity contribution in [2.24, 2.45) is 0 Å². The molecule has 0 aliphatic rings. The van der Waals surface area contributed by atoms with Crippen LogP contribution in [0.4, 0.5) is 0 Å². The number of methoxy groups -OCH3 is 1. The van der Waals surface area contributed by atoms with Crippen LogP contribution in [0, 0.1) is 0 Å². The molecule has 4 nitrogen and oxygen atoms in total. The van der Waals surface area contributed by atoms with Crippen LogP contribution in [0.2, 0.25) is 0 Å². The van der Waals surface area contributed by atoms with Gasteiger partial charge in [-0.05, 0) is 35.9 Å². The topological polar surface area (TPSA) is 55.0 Å². The average Bonchev–Trinajstić information content (AvgIpc) is 3.10. The second-order valence-corrected chi connectivity index (χ2v) is 6.04. The maximum absolute atomic E-state index is 11.5. The Hall–Kier alpha value is -2.66. The van der Waals surface area contributed by atoms with E-state index in [-0.39, 0.29) is 5.97 Å². The van der Waals surface area contributed by atoms with E-state index in [1.807, 2.05) is 54.7 Å². The van der Waals surface area contributed by atoms with Crippen LogP contribution in [0.15, 0.2) is 59.2 Å². The van der Waals surface area contributed by atoms with Crippen LogP contribution in [0.3, 0.4) is 0 Å². The molecule has 1 heterocycles. The SMILES string of the molecule is COC(=O)c1ccc(-c2c[nH]c(C=Cc3ccc(Br)cc3)n2)cc1. The highest BCUT2D eigenvalue weighted by atomic mass is 79.9. The number of aromatic nitrogens is 2. The minimum Gasteiger partial charge on any atom is -0.465 e. The van der Waals surface area contributed by atoms with Crippen molar-refractivity contribution in [1.29, 1.82) is 0 Å². The maximum Gasteiger partial charge on any atom is 0.337 e. The van der Waals surface area contributed by atoms with Crippen molar-refractivity contribution in [3.05, 3.63) is 76.2 Å². The lowest BCUT2D eigenvalue weighted by atomic mass is 10.1. The van der Waals surface area contributed by atoms with E-state index in [0.29, 0.717) is 5.56 Å². The number of benzene rings is 2. The molecule has 0 bridgehead atoms. The number of aromatic amines is 1. The third-order valence-electron chi connectivity index (χ3n) is 3.50. The van der Waals surface area contributed by atoms with E-state index in [2.05, 4.69) is 25.9 Å². The second kappa shape index (κ2) is 7.27. The van der Waals surface area contributed by atoms with E-state index in [9.17, 15) is 4.79 Å². The lowest BCUT2D eigenvalue weighted by molar-refractivity contribution is 0.0601. The molecule has 120 valence electrons. The number of H-pyrrole nitrogens is 1. The molecule has 0 amide bonds. The number of carbonyl (C=O) groups excluding carboxylic acids is 1. The number of hydrogen-bond donors (Lipinski definition) is 1. The van der Waals surface area contributed by atoms with Crippen LogP contribution in [0.5, 0.6) is 0 Å². The van der Waals surface area contributed by atoms with Gasteiger partial charge in [-0.25, -0.2) is 9.78 Å². The van der Waals surface area contributed by atoms with E-state index < -0.39 is 0 Å². The van der Waals surface area contributed by atoms with Gasteiger partial charge in [-0.1, -0.05) is 46.3 Å². The standard InChI is InChI=1S/C19H15BrN2O2/c1-24-19(23)15-7-5-14(6-8-15)17-12-21-18(22-17)11-4-13-2-9-16(20)10-3-13/h2-12H,1H3,(H,21,22). The number of ether oxygens (including phenoxy) is 1. The molecule has 3 rings (SSSR count). The molecule has 1 N–H and O–H groups in total. The Morgan fingerprint density at radius 3 is 2.46 bits per heavy atom. The van der Waals surface area contributed by atoms with Crippen LogP contribution >= 0.6 is 15.9 Å². The van der Waals surface area contributed by atoms with Crippen molar-refractivity contribution in [1.82, 2.24) is 9.97 Å². The Balaban J connectivity index is 1.75. The Bertz CT molecular complexity index is 865. The van der Waals surface area contributed by atoms with Crippen LogP contribution < -0.4 is 0 Å². The molecule has 0 saturated carbocycles. The number of rotatable bonds is 4. The van der Waals surface area contributed by atoms with Gasteiger partial charge in [0.15, 0.2) is 0 Å². The number of nitrogens with zero attached hydrogens (tertiary/aromatic N) is 1. The maximum atomic E-state index is 11.5. The summed E-state index contributed by atoms with van der Waals surface area (Å²) in [4.78, 5) is 19.1. The average molecular weight is 383 g/mol. The van der Waals surface area contributed by atoms with E-state index >= 15 is 0 Å². The predicted molar refractivity (Wildman–Crippen MR) is 98.4 cm³/mol. The van der Waals surface area contributed by atoms with Crippen molar-refractivity contribution in [2.75, 3.05) is 7.11 Å². The molecule has 0 saturated heterocycles. The highest BCUT2D eigenvalue weighted by Crippen LogP contribution is 2.19. The molecule has 24 heavy (non-hydrogen) atoms. The summed E-state index contributed by atoms with van der Waals surface area (Å²) in [5.74, 6) is 0.423. The quantitative estimate of drug-likeness (QED) is 0.659. The molecule has 0 radical (unpaired) electrons. The molecule has 0 unspecified atom stereocenters. The third kappa shape index (κ3) is 3.81. The van der Waals surface area contributed by atoms with E-state index in [1.54, 1.807) is 12.1 Å². The molecule has 0 atom stereocenters. The van der Waals surface area contributed by atoms with Crippen LogP contribution in [0.1, 0.15) is 21.7 Å². The molecule has 1 aromatic heterocycles. The molecule has 5 heteroatoms. The molecule has 0 aliphatic carbocycles. The van der Waals surface area contributed by atoms with Gasteiger partial charge in [0.05, 0.1) is 18.4 Å². The lowest BCUT2D eigenvalue weighted by Crippen LogP contribution is -2.00. The van der Waals surface area contributed by atoms with Gasteiger partial charge in [0.25, 0.3) is 0 Å². The largest absolute Gasteiger partial charge is 0.465 e. The highest BCUT2D eigenvalue weighted by molar-refractivity contribution is 9.10. The van der Waals surface area contributed by atoms with Crippen molar-refractivity contribution >= 4 is 34.1 Å². The summed E-state index contributed by atoms with van der Waals surface area (Å²) in [6.45, 7) is 0. The summed E-state index contributed by atoms with van der Waals surface area (Å²) in [5.41, 5.74) is 3.37. The zero-order valence-electron chi connectivity index (χ0n) is 13.0. The van der Waals surface area contributed by atoms with E-state index in [0.717, 1.165) is 27.1 Å². The first-order valence-corrected chi connectivity index (χ1v) is 8.13. The number of hydrogen-bond acceptors (Lipinski definition) is 3. The number of carbonyl (C=O) groups is 1. The minimum atomic E-state index is -0.346. The fraction of sp³-hybridized carbons (Fsp3) is 0.0526. The van der Waals surface area contributed by atoms with Gasteiger partial charge < -0.3 is 9.72 Å². The highest BCUT2D eigenvalue weighted by Gasteiger charge is 2.07. The Labute approximate surface area is 148 Å². The number of imidazole rings is 1. The zero-order valence-corrected chi connectivity index (χ0v) is 14.6. The lowest BCUT2D eigenvalue weighted by Gasteiger charge is -2.00. The molecule has 2 aromatic carbocycles. The molecule has 0 aliphatic heterocycles. The fourth-order valence-electron chi connectivity index (χ4n) is 2.21.